The molecule has 0 spiro atoms. The number of anilines is 1. The Bertz CT molecular complexity index is 874. The molecule has 1 N–H and O–H groups in total. The first-order valence-corrected chi connectivity index (χ1v) is 7.43. The van der Waals surface area contributed by atoms with Gasteiger partial charge in [0.05, 0.1) is 18.2 Å². The maximum atomic E-state index is 14.1. The molecule has 0 amide bonds. The van der Waals surface area contributed by atoms with E-state index in [1.165, 1.54) is 6.07 Å². The maximum absolute atomic E-state index is 14.1. The molecule has 0 saturated heterocycles. The molecule has 118 valence electrons. The van der Waals surface area contributed by atoms with Gasteiger partial charge in [-0.2, -0.15) is 5.26 Å². The van der Waals surface area contributed by atoms with Crippen LogP contribution in [0.4, 0.5) is 10.2 Å². The highest BCUT2D eigenvalue weighted by Crippen LogP contribution is 2.25. The van der Waals surface area contributed by atoms with Crippen molar-refractivity contribution in [2.24, 2.45) is 0 Å². The number of nitriles is 1. The van der Waals surface area contributed by atoms with Gasteiger partial charge in [0.2, 0.25) is 0 Å². The Balaban J connectivity index is 2.06. The molecule has 24 heavy (non-hydrogen) atoms. The van der Waals surface area contributed by atoms with Crippen molar-refractivity contribution in [1.29, 1.82) is 5.26 Å². The van der Waals surface area contributed by atoms with Crippen LogP contribution >= 0.6 is 0 Å². The summed E-state index contributed by atoms with van der Waals surface area (Å²) in [6, 6.07) is 13.8. The third kappa shape index (κ3) is 3.52. The topological polar surface area (TPSA) is 74.5 Å². The molecule has 5 nitrogen and oxygen atoms in total. The summed E-state index contributed by atoms with van der Waals surface area (Å²) in [7, 11) is 0. The predicted octanol–water partition coefficient (Wildman–Crippen LogP) is 3.67. The second-order valence-electron chi connectivity index (χ2n) is 5.02. The van der Waals surface area contributed by atoms with E-state index in [2.05, 4.69) is 26.3 Å². The highest BCUT2D eigenvalue weighted by molar-refractivity contribution is 5.67. The van der Waals surface area contributed by atoms with Crippen molar-refractivity contribution in [1.82, 2.24) is 15.0 Å². The van der Waals surface area contributed by atoms with Crippen molar-refractivity contribution in [3.05, 3.63) is 60.7 Å². The Hall–Kier alpha value is -3.33. The van der Waals surface area contributed by atoms with E-state index in [0.717, 1.165) is 5.56 Å². The molecule has 0 fully saturated rings. The lowest BCUT2D eigenvalue weighted by atomic mass is 10.1. The molecule has 0 unspecified atom stereocenters. The highest BCUT2D eigenvalue weighted by Gasteiger charge is 2.11. The lowest BCUT2D eigenvalue weighted by Gasteiger charge is -2.10. The van der Waals surface area contributed by atoms with Gasteiger partial charge in [-0.15, -0.1) is 0 Å². The minimum Gasteiger partial charge on any atom is -0.369 e. The summed E-state index contributed by atoms with van der Waals surface area (Å²) in [5.41, 5.74) is 1.61. The predicted molar refractivity (Wildman–Crippen MR) is 89.4 cm³/mol. The normalized spacial score (nSPS) is 10.2. The monoisotopic (exact) mass is 319 g/mol. The van der Waals surface area contributed by atoms with Gasteiger partial charge in [-0.05, 0) is 24.3 Å². The molecule has 0 aliphatic carbocycles. The lowest BCUT2D eigenvalue weighted by molar-refractivity contribution is 0.630. The first-order valence-electron chi connectivity index (χ1n) is 7.43. The number of rotatable bonds is 5. The highest BCUT2D eigenvalue weighted by atomic mass is 19.1. The Morgan fingerprint density at radius 1 is 1.12 bits per heavy atom. The molecular weight excluding hydrogens is 305 g/mol. The summed E-state index contributed by atoms with van der Waals surface area (Å²) in [5.74, 6) is 0.636. The van der Waals surface area contributed by atoms with Crippen molar-refractivity contribution >= 4 is 5.82 Å². The van der Waals surface area contributed by atoms with Crippen LogP contribution in [-0.4, -0.2) is 21.5 Å². The number of hydrogen-bond donors (Lipinski definition) is 1. The Morgan fingerprint density at radius 3 is 2.75 bits per heavy atom. The number of benzene rings is 1. The standard InChI is InChI=1S/C18H14FN5/c19-15-7-2-1-6-14(15)16-11-17(22-10-4-8-20)24-18(23-16)13-5-3-9-21-12-13/h1-3,5-7,9,11-12H,4,10H2,(H,22,23,24). The van der Waals surface area contributed by atoms with Crippen LogP contribution in [0.3, 0.4) is 0 Å². The van der Waals surface area contributed by atoms with Crippen molar-refractivity contribution < 1.29 is 4.39 Å². The second kappa shape index (κ2) is 7.29. The number of nitrogens with zero attached hydrogens (tertiary/aromatic N) is 4. The van der Waals surface area contributed by atoms with Crippen LogP contribution in [0.2, 0.25) is 0 Å². The van der Waals surface area contributed by atoms with E-state index in [-0.39, 0.29) is 5.82 Å². The fourth-order valence-electron chi connectivity index (χ4n) is 2.22. The Kier molecular flexibility index (Phi) is 4.73. The molecule has 0 bridgehead atoms. The first kappa shape index (κ1) is 15.6. The molecule has 0 saturated carbocycles. The summed E-state index contributed by atoms with van der Waals surface area (Å²) in [6.07, 6.45) is 3.66. The fourth-order valence-corrected chi connectivity index (χ4v) is 2.22. The van der Waals surface area contributed by atoms with Gasteiger partial charge in [0, 0.05) is 36.1 Å². The van der Waals surface area contributed by atoms with Crippen molar-refractivity contribution in [3.63, 3.8) is 0 Å². The second-order valence-corrected chi connectivity index (χ2v) is 5.02. The molecule has 0 aliphatic rings. The average molecular weight is 319 g/mol. The number of aromatic nitrogens is 3. The van der Waals surface area contributed by atoms with Crippen LogP contribution < -0.4 is 5.32 Å². The zero-order valence-corrected chi connectivity index (χ0v) is 12.8. The minimum atomic E-state index is -0.351. The molecule has 3 rings (SSSR count). The van der Waals surface area contributed by atoms with Gasteiger partial charge in [0.1, 0.15) is 11.6 Å². The van der Waals surface area contributed by atoms with E-state index in [9.17, 15) is 4.39 Å². The third-order valence-electron chi connectivity index (χ3n) is 3.34. The summed E-state index contributed by atoms with van der Waals surface area (Å²) < 4.78 is 14.1. The summed E-state index contributed by atoms with van der Waals surface area (Å²) in [4.78, 5) is 13.0. The largest absolute Gasteiger partial charge is 0.369 e. The molecule has 0 aliphatic heterocycles. The van der Waals surface area contributed by atoms with Crippen LogP contribution in [0.5, 0.6) is 0 Å². The Labute approximate surface area is 138 Å². The zero-order chi connectivity index (χ0) is 16.8. The molecule has 0 atom stereocenters. The molecule has 0 radical (unpaired) electrons. The van der Waals surface area contributed by atoms with E-state index in [1.54, 1.807) is 42.7 Å². The maximum Gasteiger partial charge on any atom is 0.163 e. The van der Waals surface area contributed by atoms with E-state index < -0.39 is 0 Å². The van der Waals surface area contributed by atoms with Crippen LogP contribution in [0, 0.1) is 17.1 Å². The summed E-state index contributed by atoms with van der Waals surface area (Å²) in [6.45, 7) is 0.455. The number of nitrogens with one attached hydrogen (secondary N) is 1. The van der Waals surface area contributed by atoms with Gasteiger partial charge in [-0.25, -0.2) is 14.4 Å². The molecule has 3 aromatic rings. The quantitative estimate of drug-likeness (QED) is 0.726. The van der Waals surface area contributed by atoms with Gasteiger partial charge in [-0.3, -0.25) is 4.98 Å². The van der Waals surface area contributed by atoms with Crippen LogP contribution in [0.15, 0.2) is 54.9 Å². The van der Waals surface area contributed by atoms with Gasteiger partial charge < -0.3 is 5.32 Å². The molecule has 6 heteroatoms. The van der Waals surface area contributed by atoms with Gasteiger partial charge in [0.15, 0.2) is 5.82 Å². The third-order valence-corrected chi connectivity index (χ3v) is 3.34. The number of halogens is 1. The van der Waals surface area contributed by atoms with Crippen molar-refractivity contribution in [2.75, 3.05) is 11.9 Å². The van der Waals surface area contributed by atoms with Gasteiger partial charge in [0.25, 0.3) is 0 Å². The molecule has 2 aromatic heterocycles. The number of hydrogen-bond acceptors (Lipinski definition) is 5. The van der Waals surface area contributed by atoms with Crippen LogP contribution in [0.1, 0.15) is 6.42 Å². The van der Waals surface area contributed by atoms with Gasteiger partial charge >= 0.3 is 0 Å². The van der Waals surface area contributed by atoms with Crippen LogP contribution in [-0.2, 0) is 0 Å². The summed E-state index contributed by atoms with van der Waals surface area (Å²) in [5, 5.41) is 11.7. The van der Waals surface area contributed by atoms with E-state index in [0.29, 0.717) is 35.9 Å². The van der Waals surface area contributed by atoms with E-state index >= 15 is 0 Å². The summed E-state index contributed by atoms with van der Waals surface area (Å²) >= 11 is 0. The van der Waals surface area contributed by atoms with E-state index in [4.69, 9.17) is 5.26 Å². The Morgan fingerprint density at radius 2 is 2.00 bits per heavy atom. The van der Waals surface area contributed by atoms with Gasteiger partial charge in [-0.1, -0.05) is 12.1 Å². The van der Waals surface area contributed by atoms with Crippen molar-refractivity contribution in [3.8, 4) is 28.7 Å². The smallest absolute Gasteiger partial charge is 0.163 e. The lowest BCUT2D eigenvalue weighted by Crippen LogP contribution is -2.05. The molecule has 1 aromatic carbocycles. The SMILES string of the molecule is N#CCCNc1cc(-c2ccccc2F)nc(-c2cccnc2)n1. The first-order chi connectivity index (χ1) is 11.8. The molecular formula is C18H14FN5. The van der Waals surface area contributed by atoms with Crippen molar-refractivity contribution in [2.45, 2.75) is 6.42 Å². The molecule has 2 heterocycles. The zero-order valence-electron chi connectivity index (χ0n) is 12.8. The average Bonchev–Trinajstić information content (AvgIpc) is 2.63. The number of pyridine rings is 1. The van der Waals surface area contributed by atoms with Crippen LogP contribution in [0.25, 0.3) is 22.6 Å². The van der Waals surface area contributed by atoms with E-state index in [1.807, 2.05) is 6.07 Å². The minimum absolute atomic E-state index is 0.348. The fraction of sp³-hybridized carbons (Fsp3) is 0.111.